The summed E-state index contributed by atoms with van der Waals surface area (Å²) < 4.78 is 1.34. The van der Waals surface area contributed by atoms with Crippen molar-refractivity contribution in [1.29, 1.82) is 5.26 Å². The van der Waals surface area contributed by atoms with E-state index >= 15 is 0 Å². The number of amides is 1. The van der Waals surface area contributed by atoms with E-state index < -0.39 is 0 Å². The number of nitriles is 1. The molecule has 1 N–H and O–H groups in total. The second-order valence-electron chi connectivity index (χ2n) is 4.25. The molecule has 0 spiro atoms. The van der Waals surface area contributed by atoms with Crippen LogP contribution in [0.15, 0.2) is 53.5 Å². The summed E-state index contributed by atoms with van der Waals surface area (Å²) in [6.07, 6.45) is 1.57. The van der Waals surface area contributed by atoms with E-state index in [0.29, 0.717) is 12.1 Å². The highest BCUT2D eigenvalue weighted by Crippen LogP contribution is 2.02. The van der Waals surface area contributed by atoms with E-state index in [4.69, 9.17) is 5.26 Å². The van der Waals surface area contributed by atoms with Gasteiger partial charge in [-0.2, -0.15) is 5.26 Å². The number of hydrogen-bond acceptors (Lipinski definition) is 3. The maximum atomic E-state index is 11.7. The van der Waals surface area contributed by atoms with Crippen LogP contribution in [-0.4, -0.2) is 10.5 Å². The van der Waals surface area contributed by atoms with Crippen LogP contribution in [0, 0.1) is 11.3 Å². The molecule has 1 amide bonds. The number of carbonyl (C=O) groups excluding carboxylic acids is 1. The Morgan fingerprint density at radius 3 is 2.60 bits per heavy atom. The summed E-state index contributed by atoms with van der Waals surface area (Å²) in [7, 11) is 0. The molecule has 2 rings (SSSR count). The average Bonchev–Trinajstić information content (AvgIpc) is 2.48. The predicted molar refractivity (Wildman–Crippen MR) is 73.7 cm³/mol. The van der Waals surface area contributed by atoms with E-state index in [9.17, 15) is 9.59 Å². The van der Waals surface area contributed by atoms with E-state index in [-0.39, 0.29) is 18.0 Å². The molecule has 1 heterocycles. The minimum atomic E-state index is -0.234. The van der Waals surface area contributed by atoms with Crippen molar-refractivity contribution in [3.05, 3.63) is 70.1 Å². The highest BCUT2D eigenvalue weighted by Gasteiger charge is 2.03. The third kappa shape index (κ3) is 3.56. The van der Waals surface area contributed by atoms with Crippen molar-refractivity contribution in [2.45, 2.75) is 13.1 Å². The van der Waals surface area contributed by atoms with Gasteiger partial charge in [-0.05, 0) is 23.8 Å². The third-order valence-electron chi connectivity index (χ3n) is 2.79. The lowest BCUT2D eigenvalue weighted by atomic mass is 10.1. The van der Waals surface area contributed by atoms with E-state index in [2.05, 4.69) is 5.32 Å². The minimum Gasteiger partial charge on any atom is -0.350 e. The number of pyridine rings is 1. The third-order valence-corrected chi connectivity index (χ3v) is 2.79. The Hall–Kier alpha value is -2.87. The van der Waals surface area contributed by atoms with Crippen LogP contribution in [0.1, 0.15) is 11.1 Å². The summed E-state index contributed by atoms with van der Waals surface area (Å²) in [6, 6.07) is 13.7. The van der Waals surface area contributed by atoms with Gasteiger partial charge in [-0.15, -0.1) is 0 Å². The highest BCUT2D eigenvalue weighted by atomic mass is 16.2. The van der Waals surface area contributed by atoms with Gasteiger partial charge < -0.3 is 9.88 Å². The maximum Gasteiger partial charge on any atom is 0.250 e. The molecule has 0 saturated carbocycles. The first-order valence-corrected chi connectivity index (χ1v) is 6.10. The van der Waals surface area contributed by atoms with Crippen LogP contribution < -0.4 is 10.9 Å². The maximum absolute atomic E-state index is 11.7. The van der Waals surface area contributed by atoms with Gasteiger partial charge in [-0.1, -0.05) is 18.2 Å². The summed E-state index contributed by atoms with van der Waals surface area (Å²) >= 11 is 0. The van der Waals surface area contributed by atoms with Crippen LogP contribution in [0.5, 0.6) is 0 Å². The number of rotatable bonds is 4. The lowest BCUT2D eigenvalue weighted by molar-refractivity contribution is -0.121. The van der Waals surface area contributed by atoms with Gasteiger partial charge in [0, 0.05) is 18.8 Å². The standard InChI is InChI=1S/C15H13N3O2/c16-9-12-4-6-13(7-5-12)10-17-14(19)11-18-8-2-1-3-15(18)20/h1-8H,10-11H2,(H,17,19). The number of hydrogen-bond donors (Lipinski definition) is 1. The van der Waals surface area contributed by atoms with E-state index in [1.807, 2.05) is 6.07 Å². The minimum absolute atomic E-state index is 0.00402. The smallest absolute Gasteiger partial charge is 0.250 e. The quantitative estimate of drug-likeness (QED) is 0.899. The first-order valence-electron chi connectivity index (χ1n) is 6.10. The van der Waals surface area contributed by atoms with Gasteiger partial charge in [0.25, 0.3) is 5.56 Å². The van der Waals surface area contributed by atoms with Crippen molar-refractivity contribution in [1.82, 2.24) is 9.88 Å². The molecular weight excluding hydrogens is 254 g/mol. The fraction of sp³-hybridized carbons (Fsp3) is 0.133. The molecule has 0 atom stereocenters. The number of carbonyl (C=O) groups is 1. The van der Waals surface area contributed by atoms with Gasteiger partial charge >= 0.3 is 0 Å². The molecule has 0 unspecified atom stereocenters. The van der Waals surface area contributed by atoms with E-state index in [1.165, 1.54) is 10.6 Å². The number of benzene rings is 1. The van der Waals surface area contributed by atoms with Gasteiger partial charge in [0.1, 0.15) is 6.54 Å². The van der Waals surface area contributed by atoms with Crippen LogP contribution in [-0.2, 0) is 17.9 Å². The van der Waals surface area contributed by atoms with Gasteiger partial charge in [-0.3, -0.25) is 9.59 Å². The summed E-state index contributed by atoms with van der Waals surface area (Å²) in [5.74, 6) is -0.234. The molecule has 5 heteroatoms. The monoisotopic (exact) mass is 267 g/mol. The molecule has 100 valence electrons. The molecule has 0 aliphatic rings. The second kappa shape index (κ2) is 6.34. The molecule has 2 aromatic rings. The number of nitrogens with zero attached hydrogens (tertiary/aromatic N) is 2. The van der Waals surface area contributed by atoms with Crippen molar-refractivity contribution in [3.63, 3.8) is 0 Å². The summed E-state index contributed by atoms with van der Waals surface area (Å²) in [5, 5.41) is 11.4. The summed E-state index contributed by atoms with van der Waals surface area (Å²) in [5.41, 5.74) is 1.27. The second-order valence-corrected chi connectivity index (χ2v) is 4.25. The molecule has 0 aliphatic carbocycles. The molecule has 0 bridgehead atoms. The summed E-state index contributed by atoms with van der Waals surface area (Å²) in [6.45, 7) is 0.363. The molecule has 1 aromatic carbocycles. The normalized spacial score (nSPS) is 9.75. The van der Waals surface area contributed by atoms with Gasteiger partial charge in [0.05, 0.1) is 11.6 Å². The zero-order valence-electron chi connectivity index (χ0n) is 10.7. The Morgan fingerprint density at radius 2 is 1.95 bits per heavy atom. The molecule has 0 aliphatic heterocycles. The van der Waals surface area contributed by atoms with E-state index in [1.54, 1.807) is 42.6 Å². The molecule has 5 nitrogen and oxygen atoms in total. The van der Waals surface area contributed by atoms with Crippen molar-refractivity contribution in [2.75, 3.05) is 0 Å². The number of aromatic nitrogens is 1. The zero-order valence-corrected chi connectivity index (χ0v) is 10.7. The van der Waals surface area contributed by atoms with Crippen molar-refractivity contribution in [2.24, 2.45) is 0 Å². The Bertz CT molecular complexity index is 696. The van der Waals surface area contributed by atoms with Crippen LogP contribution in [0.3, 0.4) is 0 Å². The van der Waals surface area contributed by atoms with Gasteiger partial charge in [-0.25, -0.2) is 0 Å². The molecule has 1 aromatic heterocycles. The Labute approximate surface area is 116 Å². The van der Waals surface area contributed by atoms with Crippen LogP contribution in [0.4, 0.5) is 0 Å². The van der Waals surface area contributed by atoms with E-state index in [0.717, 1.165) is 5.56 Å². The topological polar surface area (TPSA) is 74.9 Å². The van der Waals surface area contributed by atoms with Crippen LogP contribution >= 0.6 is 0 Å². The molecule has 0 fully saturated rings. The summed E-state index contributed by atoms with van der Waals surface area (Å²) in [4.78, 5) is 23.2. The predicted octanol–water partition coefficient (Wildman–Crippen LogP) is 1.04. The molecule has 0 radical (unpaired) electrons. The van der Waals surface area contributed by atoms with Crippen molar-refractivity contribution < 1.29 is 4.79 Å². The molecule has 0 saturated heterocycles. The highest BCUT2D eigenvalue weighted by molar-refractivity contribution is 5.75. The largest absolute Gasteiger partial charge is 0.350 e. The van der Waals surface area contributed by atoms with Gasteiger partial charge in [0.2, 0.25) is 5.91 Å². The van der Waals surface area contributed by atoms with Gasteiger partial charge in [0.15, 0.2) is 0 Å². The van der Waals surface area contributed by atoms with Crippen LogP contribution in [0.25, 0.3) is 0 Å². The first kappa shape index (κ1) is 13.6. The number of nitrogens with one attached hydrogen (secondary N) is 1. The lowest BCUT2D eigenvalue weighted by Gasteiger charge is -2.07. The first-order chi connectivity index (χ1) is 9.69. The molecular formula is C15H13N3O2. The zero-order chi connectivity index (χ0) is 14.4. The van der Waals surface area contributed by atoms with Crippen LogP contribution in [0.2, 0.25) is 0 Å². The van der Waals surface area contributed by atoms with Crippen molar-refractivity contribution >= 4 is 5.91 Å². The Morgan fingerprint density at radius 1 is 1.20 bits per heavy atom. The fourth-order valence-electron chi connectivity index (χ4n) is 1.70. The Balaban J connectivity index is 1.91. The average molecular weight is 267 g/mol. The SMILES string of the molecule is N#Cc1ccc(CNC(=O)Cn2ccccc2=O)cc1. The fourth-order valence-corrected chi connectivity index (χ4v) is 1.70. The van der Waals surface area contributed by atoms with Crippen molar-refractivity contribution in [3.8, 4) is 6.07 Å². The molecule has 20 heavy (non-hydrogen) atoms. The Kier molecular flexibility index (Phi) is 4.30. The lowest BCUT2D eigenvalue weighted by Crippen LogP contribution is -2.31.